The molecule has 0 atom stereocenters. The zero-order chi connectivity index (χ0) is 20.4. The number of benzene rings is 2. The Balaban J connectivity index is 1.93. The molecular formula is C21H15N3O5. The number of carboxylic acids is 1. The first-order chi connectivity index (χ1) is 14.0. The lowest BCUT2D eigenvalue weighted by Crippen LogP contribution is -2.30. The van der Waals surface area contributed by atoms with Crippen LogP contribution in [0, 0.1) is 0 Å². The molecule has 8 nitrogen and oxygen atoms in total. The highest BCUT2D eigenvalue weighted by atomic mass is 16.4. The van der Waals surface area contributed by atoms with E-state index in [9.17, 15) is 14.7 Å². The summed E-state index contributed by atoms with van der Waals surface area (Å²) in [4.78, 5) is 31.9. The van der Waals surface area contributed by atoms with Gasteiger partial charge in [0.25, 0.3) is 5.91 Å². The van der Waals surface area contributed by atoms with Crippen LogP contribution >= 0.6 is 0 Å². The molecule has 0 spiro atoms. The molecule has 0 bridgehead atoms. The van der Waals surface area contributed by atoms with E-state index < -0.39 is 24.2 Å². The van der Waals surface area contributed by atoms with Crippen molar-refractivity contribution in [3.63, 3.8) is 0 Å². The highest BCUT2D eigenvalue weighted by Gasteiger charge is 2.25. The molecule has 0 radical (unpaired) electrons. The number of oxazole rings is 1. The van der Waals surface area contributed by atoms with E-state index in [1.165, 1.54) is 0 Å². The smallest absolute Gasteiger partial charge is 0.322 e. The molecule has 144 valence electrons. The van der Waals surface area contributed by atoms with E-state index in [0.717, 1.165) is 0 Å². The van der Waals surface area contributed by atoms with Crippen molar-refractivity contribution in [3.8, 4) is 28.5 Å². The normalized spacial score (nSPS) is 10.8. The Morgan fingerprint density at radius 2 is 1.55 bits per heavy atom. The van der Waals surface area contributed by atoms with Crippen molar-refractivity contribution in [1.29, 1.82) is 0 Å². The van der Waals surface area contributed by atoms with Crippen molar-refractivity contribution < 1.29 is 24.2 Å². The van der Waals surface area contributed by atoms with Gasteiger partial charge in [0.2, 0.25) is 11.5 Å². The number of aliphatic carboxylic acids is 1. The Labute approximate surface area is 164 Å². The van der Waals surface area contributed by atoms with Crippen LogP contribution in [0.1, 0.15) is 10.5 Å². The van der Waals surface area contributed by atoms with Gasteiger partial charge in [-0.15, -0.1) is 0 Å². The lowest BCUT2D eigenvalue weighted by atomic mass is 10.1. The highest BCUT2D eigenvalue weighted by molar-refractivity contribution is 6.04. The van der Waals surface area contributed by atoms with E-state index in [1.54, 1.807) is 36.4 Å². The zero-order valence-corrected chi connectivity index (χ0v) is 15.0. The molecular weight excluding hydrogens is 374 g/mol. The van der Waals surface area contributed by atoms with E-state index in [-0.39, 0.29) is 17.2 Å². The molecule has 2 aromatic heterocycles. The van der Waals surface area contributed by atoms with Gasteiger partial charge in [-0.3, -0.25) is 9.59 Å². The van der Waals surface area contributed by atoms with Gasteiger partial charge < -0.3 is 19.9 Å². The molecule has 29 heavy (non-hydrogen) atoms. The maximum atomic E-state index is 12.4. The number of carboxylic acid groups (broad SMARTS) is 1. The summed E-state index contributed by atoms with van der Waals surface area (Å²) < 4.78 is 5.77. The summed E-state index contributed by atoms with van der Waals surface area (Å²) in [5.41, 5.74) is 1.65. The summed E-state index contributed by atoms with van der Waals surface area (Å²) in [7, 11) is 0. The predicted octanol–water partition coefficient (Wildman–Crippen LogP) is 3.08. The van der Waals surface area contributed by atoms with Crippen LogP contribution in [-0.2, 0) is 4.79 Å². The van der Waals surface area contributed by atoms with Crippen LogP contribution in [0.5, 0.6) is 5.75 Å². The van der Waals surface area contributed by atoms with Crippen molar-refractivity contribution in [2.75, 3.05) is 6.54 Å². The molecule has 1 amide bonds. The SMILES string of the molecule is O=C(O)CNC(=O)c1nc(-c2ccccc2)c2nc(-c3ccccc3)oc2c1O. The maximum absolute atomic E-state index is 12.4. The van der Waals surface area contributed by atoms with Gasteiger partial charge in [-0.2, -0.15) is 0 Å². The third kappa shape index (κ3) is 3.51. The number of nitrogens with one attached hydrogen (secondary N) is 1. The summed E-state index contributed by atoms with van der Waals surface area (Å²) in [6.45, 7) is -0.607. The fourth-order valence-corrected chi connectivity index (χ4v) is 2.87. The molecule has 8 heteroatoms. The lowest BCUT2D eigenvalue weighted by molar-refractivity contribution is -0.135. The van der Waals surface area contributed by atoms with E-state index in [4.69, 9.17) is 9.52 Å². The Morgan fingerprint density at radius 1 is 0.931 bits per heavy atom. The average molecular weight is 389 g/mol. The topological polar surface area (TPSA) is 126 Å². The van der Waals surface area contributed by atoms with Gasteiger partial charge in [-0.25, -0.2) is 9.97 Å². The number of nitrogens with zero attached hydrogens (tertiary/aromatic N) is 2. The molecule has 0 aliphatic heterocycles. The highest BCUT2D eigenvalue weighted by Crippen LogP contribution is 2.37. The summed E-state index contributed by atoms with van der Waals surface area (Å²) in [6, 6.07) is 18.1. The monoisotopic (exact) mass is 389 g/mol. The summed E-state index contributed by atoms with van der Waals surface area (Å²) in [5.74, 6) is -2.29. The largest absolute Gasteiger partial charge is 0.503 e. The second-order valence-electron chi connectivity index (χ2n) is 6.16. The van der Waals surface area contributed by atoms with Gasteiger partial charge in [0.15, 0.2) is 11.4 Å². The first-order valence-corrected chi connectivity index (χ1v) is 8.69. The summed E-state index contributed by atoms with van der Waals surface area (Å²) in [5, 5.41) is 21.6. The number of hydrogen-bond donors (Lipinski definition) is 3. The zero-order valence-electron chi connectivity index (χ0n) is 15.0. The molecule has 0 saturated heterocycles. The quantitative estimate of drug-likeness (QED) is 0.479. The van der Waals surface area contributed by atoms with Gasteiger partial charge in [-0.1, -0.05) is 48.5 Å². The molecule has 3 N–H and O–H groups in total. The molecule has 4 rings (SSSR count). The van der Waals surface area contributed by atoms with Gasteiger partial charge in [0.05, 0.1) is 0 Å². The number of aromatic nitrogens is 2. The van der Waals surface area contributed by atoms with Gasteiger partial charge in [0.1, 0.15) is 17.8 Å². The van der Waals surface area contributed by atoms with Crippen molar-refractivity contribution >= 4 is 23.0 Å². The van der Waals surface area contributed by atoms with E-state index in [0.29, 0.717) is 22.3 Å². The average Bonchev–Trinajstić information content (AvgIpc) is 3.20. The minimum absolute atomic E-state index is 0.00168. The van der Waals surface area contributed by atoms with Crippen molar-refractivity contribution in [1.82, 2.24) is 15.3 Å². The minimum atomic E-state index is -1.21. The molecule has 0 aliphatic rings. The van der Waals surface area contributed by atoms with Crippen molar-refractivity contribution in [3.05, 3.63) is 66.4 Å². The fraction of sp³-hybridized carbons (Fsp3) is 0.0476. The number of fused-ring (bicyclic) bond motifs is 1. The Morgan fingerprint density at radius 3 is 2.17 bits per heavy atom. The van der Waals surface area contributed by atoms with E-state index >= 15 is 0 Å². The number of carbonyl (C=O) groups is 2. The second-order valence-corrected chi connectivity index (χ2v) is 6.16. The van der Waals surface area contributed by atoms with Crippen LogP contribution in [0.3, 0.4) is 0 Å². The lowest BCUT2D eigenvalue weighted by Gasteiger charge is -2.08. The Kier molecular flexibility index (Phi) is 4.66. The minimum Gasteiger partial charge on any atom is -0.503 e. The van der Waals surface area contributed by atoms with Crippen LogP contribution < -0.4 is 5.32 Å². The first-order valence-electron chi connectivity index (χ1n) is 8.69. The maximum Gasteiger partial charge on any atom is 0.322 e. The molecule has 2 aromatic carbocycles. The second kappa shape index (κ2) is 7.43. The van der Waals surface area contributed by atoms with Gasteiger partial charge in [0, 0.05) is 11.1 Å². The third-order valence-corrected chi connectivity index (χ3v) is 4.20. The number of hydrogen-bond acceptors (Lipinski definition) is 6. The van der Waals surface area contributed by atoms with Gasteiger partial charge >= 0.3 is 5.97 Å². The number of amides is 1. The van der Waals surface area contributed by atoms with Crippen LogP contribution in [0.15, 0.2) is 65.1 Å². The third-order valence-electron chi connectivity index (χ3n) is 4.20. The van der Waals surface area contributed by atoms with Crippen molar-refractivity contribution in [2.45, 2.75) is 0 Å². The molecule has 2 heterocycles. The fourth-order valence-electron chi connectivity index (χ4n) is 2.87. The molecule has 0 fully saturated rings. The molecule has 4 aromatic rings. The first kappa shape index (κ1) is 18.2. The van der Waals surface area contributed by atoms with Gasteiger partial charge in [-0.05, 0) is 12.1 Å². The molecule has 0 unspecified atom stereocenters. The van der Waals surface area contributed by atoms with E-state index in [2.05, 4.69) is 15.3 Å². The van der Waals surface area contributed by atoms with Crippen LogP contribution in [0.4, 0.5) is 0 Å². The van der Waals surface area contributed by atoms with Crippen LogP contribution in [-0.4, -0.2) is 38.6 Å². The Bertz CT molecular complexity index is 1200. The standard InChI is InChI=1S/C21H15N3O5/c25-14(26)11-22-20(28)17-18(27)19-16(15(23-17)12-7-3-1-4-8-12)24-21(29-19)13-9-5-2-6-10-13/h1-10,27H,11H2,(H,22,28)(H,25,26). The number of carbonyl (C=O) groups excluding carboxylic acids is 1. The van der Waals surface area contributed by atoms with Crippen LogP contribution in [0.25, 0.3) is 33.8 Å². The molecule has 0 saturated carbocycles. The van der Waals surface area contributed by atoms with Crippen LogP contribution in [0.2, 0.25) is 0 Å². The summed E-state index contributed by atoms with van der Waals surface area (Å²) in [6.07, 6.45) is 0. The summed E-state index contributed by atoms with van der Waals surface area (Å²) >= 11 is 0. The number of aromatic hydroxyl groups is 1. The number of rotatable bonds is 5. The predicted molar refractivity (Wildman–Crippen MR) is 104 cm³/mol. The Hall–Kier alpha value is -4.20. The van der Waals surface area contributed by atoms with Crippen molar-refractivity contribution in [2.24, 2.45) is 0 Å². The molecule has 0 aliphatic carbocycles. The number of pyridine rings is 1. The van der Waals surface area contributed by atoms with E-state index in [1.807, 2.05) is 24.3 Å².